The Morgan fingerprint density at radius 3 is 2.42 bits per heavy atom. The van der Waals surface area contributed by atoms with E-state index < -0.39 is 5.97 Å². The summed E-state index contributed by atoms with van der Waals surface area (Å²) >= 11 is 0. The van der Waals surface area contributed by atoms with Gasteiger partial charge in [-0.25, -0.2) is 0 Å². The highest BCUT2D eigenvalue weighted by Gasteiger charge is 2.44. The molecule has 1 aliphatic carbocycles. The topological polar surface area (TPSA) is 96.0 Å². The van der Waals surface area contributed by atoms with Crippen LogP contribution in [0.5, 0.6) is 0 Å². The fourth-order valence-electron chi connectivity index (χ4n) is 3.34. The molecule has 7 heteroatoms. The van der Waals surface area contributed by atoms with Gasteiger partial charge in [0.1, 0.15) is 12.4 Å². The van der Waals surface area contributed by atoms with Crippen molar-refractivity contribution in [3.8, 4) is 0 Å². The number of carbonyl (C=O) groups excluding carboxylic acids is 4. The maximum absolute atomic E-state index is 11.6. The molecule has 0 aliphatic heterocycles. The molecule has 0 heterocycles. The van der Waals surface area contributed by atoms with Crippen LogP contribution in [-0.4, -0.2) is 44.0 Å². The molecule has 0 aromatic rings. The van der Waals surface area contributed by atoms with E-state index in [1.807, 2.05) is 12.2 Å². The lowest BCUT2D eigenvalue weighted by Crippen LogP contribution is -2.25. The zero-order chi connectivity index (χ0) is 19.5. The van der Waals surface area contributed by atoms with Gasteiger partial charge in [0.05, 0.1) is 13.7 Å². The molecule has 1 rings (SSSR count). The summed E-state index contributed by atoms with van der Waals surface area (Å²) in [5, 5.41) is 0. The lowest BCUT2D eigenvalue weighted by atomic mass is 9.88. The SMILES string of the molecule is COC(=O)CCC/C=C\C[C@@H]1C(OC(C)=O)C[C@H](COC(C)=O)[C@H]1C=O. The number of unbranched alkanes of at least 4 members (excludes halogenated alkanes) is 1. The van der Waals surface area contributed by atoms with Crippen molar-refractivity contribution in [2.75, 3.05) is 13.7 Å². The number of hydrogen-bond donors (Lipinski definition) is 0. The molecule has 26 heavy (non-hydrogen) atoms. The maximum atomic E-state index is 11.6. The van der Waals surface area contributed by atoms with E-state index in [4.69, 9.17) is 9.47 Å². The zero-order valence-corrected chi connectivity index (χ0v) is 15.6. The summed E-state index contributed by atoms with van der Waals surface area (Å²) in [7, 11) is 1.36. The molecule has 0 aromatic carbocycles. The molecule has 0 radical (unpaired) electrons. The number of ether oxygens (including phenoxy) is 3. The van der Waals surface area contributed by atoms with Gasteiger partial charge in [0.2, 0.25) is 0 Å². The molecule has 1 saturated carbocycles. The summed E-state index contributed by atoms with van der Waals surface area (Å²) in [5.41, 5.74) is 0. The Morgan fingerprint density at radius 2 is 1.85 bits per heavy atom. The van der Waals surface area contributed by atoms with Crippen molar-refractivity contribution >= 4 is 24.2 Å². The van der Waals surface area contributed by atoms with Crippen LogP contribution in [0, 0.1) is 17.8 Å². The molecule has 1 fully saturated rings. The van der Waals surface area contributed by atoms with E-state index >= 15 is 0 Å². The average molecular weight is 368 g/mol. The van der Waals surface area contributed by atoms with Gasteiger partial charge in [0, 0.05) is 38.0 Å². The van der Waals surface area contributed by atoms with E-state index in [0.717, 1.165) is 12.7 Å². The third kappa shape index (κ3) is 7.37. The minimum absolute atomic E-state index is 0.145. The fraction of sp³-hybridized carbons (Fsp3) is 0.684. The van der Waals surface area contributed by atoms with E-state index in [1.165, 1.54) is 21.0 Å². The van der Waals surface area contributed by atoms with Crippen LogP contribution in [-0.2, 0) is 33.4 Å². The van der Waals surface area contributed by atoms with Gasteiger partial charge in [0.25, 0.3) is 0 Å². The first-order valence-corrected chi connectivity index (χ1v) is 8.86. The fourth-order valence-corrected chi connectivity index (χ4v) is 3.34. The van der Waals surface area contributed by atoms with Crippen LogP contribution in [0.15, 0.2) is 12.2 Å². The van der Waals surface area contributed by atoms with Crippen molar-refractivity contribution in [2.45, 2.75) is 52.1 Å². The van der Waals surface area contributed by atoms with Crippen molar-refractivity contribution in [2.24, 2.45) is 17.8 Å². The van der Waals surface area contributed by atoms with E-state index in [9.17, 15) is 19.2 Å². The number of allylic oxidation sites excluding steroid dienone is 2. The maximum Gasteiger partial charge on any atom is 0.305 e. The highest BCUT2D eigenvalue weighted by Crippen LogP contribution is 2.40. The largest absolute Gasteiger partial charge is 0.469 e. The first-order chi connectivity index (χ1) is 12.4. The van der Waals surface area contributed by atoms with Crippen LogP contribution in [0.1, 0.15) is 46.0 Å². The summed E-state index contributed by atoms with van der Waals surface area (Å²) in [5.74, 6) is -1.66. The second kappa shape index (κ2) is 11.4. The molecule has 0 bridgehead atoms. The first-order valence-electron chi connectivity index (χ1n) is 8.86. The molecule has 1 unspecified atom stereocenters. The Labute approximate surface area is 154 Å². The van der Waals surface area contributed by atoms with E-state index in [1.54, 1.807) is 0 Å². The quantitative estimate of drug-likeness (QED) is 0.192. The standard InChI is InChI=1S/C19H28O7/c1-13(21)25-12-15-10-18(26-14(2)22)16(17(15)11-20)8-6-4-5-7-9-19(23)24-3/h4,6,11,15-18H,5,7-10,12H2,1-3H3/b6-4-/t15-,16+,17-,18?/m1/s1. The minimum atomic E-state index is -0.396. The van der Waals surface area contributed by atoms with E-state index in [0.29, 0.717) is 25.7 Å². The normalized spacial score (nSPS) is 25.0. The molecule has 0 N–H and O–H groups in total. The van der Waals surface area contributed by atoms with Gasteiger partial charge in [-0.15, -0.1) is 0 Å². The van der Waals surface area contributed by atoms with Crippen LogP contribution < -0.4 is 0 Å². The minimum Gasteiger partial charge on any atom is -0.469 e. The molecule has 0 amide bonds. The van der Waals surface area contributed by atoms with Crippen molar-refractivity contribution < 1.29 is 33.4 Å². The number of esters is 3. The van der Waals surface area contributed by atoms with Crippen molar-refractivity contribution in [1.82, 2.24) is 0 Å². The summed E-state index contributed by atoms with van der Waals surface area (Å²) in [6, 6.07) is 0. The van der Waals surface area contributed by atoms with Gasteiger partial charge in [-0.2, -0.15) is 0 Å². The molecule has 0 saturated heterocycles. The molecule has 7 nitrogen and oxygen atoms in total. The number of aldehydes is 1. The van der Waals surface area contributed by atoms with Gasteiger partial charge in [0.15, 0.2) is 0 Å². The van der Waals surface area contributed by atoms with Gasteiger partial charge in [-0.3, -0.25) is 14.4 Å². The van der Waals surface area contributed by atoms with Crippen LogP contribution in [0.2, 0.25) is 0 Å². The van der Waals surface area contributed by atoms with Gasteiger partial charge >= 0.3 is 17.9 Å². The van der Waals surface area contributed by atoms with Gasteiger partial charge in [-0.05, 0) is 25.7 Å². The first kappa shape index (κ1) is 21.9. The van der Waals surface area contributed by atoms with E-state index in [2.05, 4.69) is 4.74 Å². The Bertz CT molecular complexity index is 526. The Balaban J connectivity index is 2.63. The van der Waals surface area contributed by atoms with Crippen LogP contribution >= 0.6 is 0 Å². The Hall–Kier alpha value is -2.18. The summed E-state index contributed by atoms with van der Waals surface area (Å²) in [6.45, 7) is 2.81. The monoisotopic (exact) mass is 368 g/mol. The lowest BCUT2D eigenvalue weighted by Gasteiger charge is -2.21. The highest BCUT2D eigenvalue weighted by atomic mass is 16.5. The molecular weight excluding hydrogens is 340 g/mol. The molecular formula is C19H28O7. The molecule has 146 valence electrons. The van der Waals surface area contributed by atoms with Crippen molar-refractivity contribution in [1.29, 1.82) is 0 Å². The third-order valence-corrected chi connectivity index (χ3v) is 4.58. The van der Waals surface area contributed by atoms with Gasteiger partial charge in [-0.1, -0.05) is 12.2 Å². The zero-order valence-electron chi connectivity index (χ0n) is 15.6. The van der Waals surface area contributed by atoms with Crippen molar-refractivity contribution in [3.63, 3.8) is 0 Å². The number of hydrogen-bond acceptors (Lipinski definition) is 7. The summed E-state index contributed by atoms with van der Waals surface area (Å²) < 4.78 is 15.0. The van der Waals surface area contributed by atoms with Crippen molar-refractivity contribution in [3.05, 3.63) is 12.2 Å². The average Bonchev–Trinajstić information content (AvgIpc) is 2.91. The number of rotatable bonds is 10. The predicted octanol–water partition coefficient (Wildman–Crippen LogP) is 2.22. The lowest BCUT2D eigenvalue weighted by molar-refractivity contribution is -0.149. The number of carbonyl (C=O) groups is 4. The molecule has 0 aromatic heterocycles. The molecule has 0 spiro atoms. The molecule has 4 atom stereocenters. The Morgan fingerprint density at radius 1 is 1.12 bits per heavy atom. The summed E-state index contributed by atoms with van der Waals surface area (Å²) in [4.78, 5) is 45.0. The Kier molecular flexibility index (Phi) is 9.62. The smallest absolute Gasteiger partial charge is 0.305 e. The van der Waals surface area contributed by atoms with E-state index in [-0.39, 0.29) is 42.4 Å². The third-order valence-electron chi connectivity index (χ3n) is 4.58. The molecule has 1 aliphatic rings. The summed E-state index contributed by atoms with van der Waals surface area (Å²) in [6.07, 6.45) is 7.25. The predicted molar refractivity (Wildman–Crippen MR) is 93.0 cm³/mol. The van der Waals surface area contributed by atoms with Crippen LogP contribution in [0.3, 0.4) is 0 Å². The van der Waals surface area contributed by atoms with Crippen LogP contribution in [0.25, 0.3) is 0 Å². The second-order valence-electron chi connectivity index (χ2n) is 6.50. The van der Waals surface area contributed by atoms with Gasteiger partial charge < -0.3 is 19.0 Å². The number of methoxy groups -OCH3 is 1. The second-order valence-corrected chi connectivity index (χ2v) is 6.50. The highest BCUT2D eigenvalue weighted by molar-refractivity contribution is 5.69. The van der Waals surface area contributed by atoms with Crippen LogP contribution in [0.4, 0.5) is 0 Å².